The molecule has 8 nitrogen and oxygen atoms in total. The van der Waals surface area contributed by atoms with E-state index in [-0.39, 0.29) is 0 Å². The van der Waals surface area contributed by atoms with Gasteiger partial charge in [0.05, 0.1) is 23.3 Å². The molecule has 0 amide bonds. The van der Waals surface area contributed by atoms with Gasteiger partial charge in [0, 0.05) is 24.7 Å². The number of carbonyl (C=O) groups excluding carboxylic acids is 1. The van der Waals surface area contributed by atoms with Crippen LogP contribution in [-0.2, 0) is 4.79 Å². The molecule has 1 aliphatic carbocycles. The summed E-state index contributed by atoms with van der Waals surface area (Å²) in [6.45, 7) is 4.37. The Kier molecular flexibility index (Phi) is 11.0. The van der Waals surface area contributed by atoms with E-state index in [9.17, 15) is 4.79 Å². The Morgan fingerprint density at radius 3 is 2.42 bits per heavy atom. The van der Waals surface area contributed by atoms with Crippen LogP contribution in [0.4, 0.5) is 11.5 Å². The zero-order chi connectivity index (χ0) is 25.9. The van der Waals surface area contributed by atoms with Gasteiger partial charge < -0.3 is 20.3 Å². The highest BCUT2D eigenvalue weighted by Crippen LogP contribution is 2.28. The fraction of sp³-hybridized carbons (Fsp3) is 0.519. The van der Waals surface area contributed by atoms with Crippen LogP contribution in [0.1, 0.15) is 37.7 Å². The maximum atomic E-state index is 9.66. The number of aromatic nitrogens is 3. The Morgan fingerprint density at radius 2 is 1.86 bits per heavy atom. The zero-order valence-electron chi connectivity index (χ0n) is 22.3. The first-order chi connectivity index (χ1) is 17.4. The molecule has 0 atom stereocenters. The lowest BCUT2D eigenvalue weighted by molar-refractivity contribution is -0.105. The Labute approximate surface area is 220 Å². The van der Waals surface area contributed by atoms with E-state index in [4.69, 9.17) is 4.98 Å². The van der Waals surface area contributed by atoms with Crippen LogP contribution in [0, 0.1) is 6.92 Å². The topological polar surface area (TPSA) is 77.8 Å². The average Bonchev–Trinajstić information content (AvgIpc) is 3.71. The van der Waals surface area contributed by atoms with E-state index < -0.39 is 0 Å². The molecule has 196 valence electrons. The number of piperidine rings is 1. The van der Waals surface area contributed by atoms with Crippen molar-refractivity contribution in [1.29, 1.82) is 0 Å². The monoisotopic (exact) mass is 511 g/mol. The van der Waals surface area contributed by atoms with Gasteiger partial charge >= 0.3 is 0 Å². The first kappa shape index (κ1) is 28.0. The van der Waals surface area contributed by atoms with Gasteiger partial charge in [-0.15, -0.1) is 0 Å². The molecule has 3 aromatic rings. The van der Waals surface area contributed by atoms with Crippen molar-refractivity contribution >= 4 is 35.4 Å². The molecule has 0 radical (unpaired) electrons. The highest BCUT2D eigenvalue weighted by Gasteiger charge is 2.19. The molecule has 9 heteroatoms. The summed E-state index contributed by atoms with van der Waals surface area (Å²) in [5.74, 6) is 1.57. The van der Waals surface area contributed by atoms with Gasteiger partial charge in [-0.3, -0.25) is 4.31 Å². The lowest BCUT2D eigenvalue weighted by Crippen LogP contribution is -2.37. The van der Waals surface area contributed by atoms with Crippen LogP contribution in [0.2, 0.25) is 0 Å². The number of rotatable bonds is 7. The number of nitrogens with one attached hydrogen (secondary N) is 2. The summed E-state index contributed by atoms with van der Waals surface area (Å²) < 4.78 is 3.81. The molecule has 2 N–H and O–H groups in total. The van der Waals surface area contributed by atoms with Crippen molar-refractivity contribution in [3.05, 3.63) is 42.1 Å². The standard InChI is InChI=1S/C20H26N6.C4H9NOS.C3H6/c1-14-6-4-5-7-16(14)17-12-19(23-15-8-10-25(3)11-9-15)26-20(24-17)18(21-2)13-22-26;1-5(2)7-4-3-6;1-2-3-1/h4-7,12-13,15,21,23H,8-11H2,1-3H3;3H,4H2,1-2H3;1-3H2. The van der Waals surface area contributed by atoms with Crippen LogP contribution in [0.3, 0.4) is 0 Å². The highest BCUT2D eigenvalue weighted by molar-refractivity contribution is 7.97. The number of hydrogen-bond donors (Lipinski definition) is 2. The lowest BCUT2D eigenvalue weighted by atomic mass is 10.0. The van der Waals surface area contributed by atoms with E-state index in [1.54, 1.807) is 0 Å². The second-order valence-electron chi connectivity index (χ2n) is 9.44. The van der Waals surface area contributed by atoms with Gasteiger partial charge in [-0.05, 0) is 59.6 Å². The van der Waals surface area contributed by atoms with Crippen LogP contribution >= 0.6 is 11.9 Å². The fourth-order valence-corrected chi connectivity index (χ4v) is 4.14. The summed E-state index contributed by atoms with van der Waals surface area (Å²) in [7, 11) is 7.91. The number of hydrogen-bond acceptors (Lipinski definition) is 8. The molecule has 1 aromatic carbocycles. The zero-order valence-corrected chi connectivity index (χ0v) is 23.1. The molecular formula is C27H41N7OS. The molecule has 2 fully saturated rings. The molecule has 1 saturated heterocycles. The number of nitrogens with zero attached hydrogens (tertiary/aromatic N) is 5. The van der Waals surface area contributed by atoms with Gasteiger partial charge in [0.1, 0.15) is 12.1 Å². The van der Waals surface area contributed by atoms with Crippen molar-refractivity contribution in [2.24, 2.45) is 0 Å². The summed E-state index contributed by atoms with van der Waals surface area (Å²) in [5, 5.41) is 11.5. The molecule has 1 aliphatic heterocycles. The molecule has 0 bridgehead atoms. The third kappa shape index (κ3) is 8.50. The number of anilines is 2. The molecule has 1 saturated carbocycles. The smallest absolute Gasteiger partial charge is 0.181 e. The molecule has 2 aromatic heterocycles. The van der Waals surface area contributed by atoms with E-state index in [1.807, 2.05) is 36.2 Å². The van der Waals surface area contributed by atoms with Gasteiger partial charge in [-0.1, -0.05) is 55.5 Å². The van der Waals surface area contributed by atoms with Crippen molar-refractivity contribution in [3.63, 3.8) is 0 Å². The van der Waals surface area contributed by atoms with Crippen molar-refractivity contribution < 1.29 is 4.79 Å². The van der Waals surface area contributed by atoms with Gasteiger partial charge in [0.2, 0.25) is 0 Å². The summed E-state index contributed by atoms with van der Waals surface area (Å²) in [6, 6.07) is 11.0. The van der Waals surface area contributed by atoms with Crippen LogP contribution in [0.25, 0.3) is 16.9 Å². The molecule has 0 spiro atoms. The fourth-order valence-electron chi connectivity index (χ4n) is 3.78. The number of benzene rings is 1. The molecule has 3 heterocycles. The minimum absolute atomic E-state index is 0.462. The van der Waals surface area contributed by atoms with E-state index >= 15 is 0 Å². The first-order valence-electron chi connectivity index (χ1n) is 12.7. The van der Waals surface area contributed by atoms with Crippen molar-refractivity contribution in [2.45, 2.75) is 45.1 Å². The van der Waals surface area contributed by atoms with Crippen molar-refractivity contribution in [2.75, 3.05) is 57.7 Å². The van der Waals surface area contributed by atoms with Gasteiger partial charge in [0.15, 0.2) is 5.65 Å². The number of carbonyl (C=O) groups is 1. The second-order valence-corrected chi connectivity index (χ2v) is 10.8. The normalized spacial score (nSPS) is 15.5. The van der Waals surface area contributed by atoms with E-state index in [2.05, 4.69) is 64.9 Å². The number of likely N-dealkylation sites (tertiary alicyclic amines) is 1. The average molecular weight is 512 g/mol. The van der Waals surface area contributed by atoms with E-state index in [0.29, 0.717) is 11.8 Å². The Hall–Kier alpha value is -2.62. The summed E-state index contributed by atoms with van der Waals surface area (Å²) in [4.78, 5) is 16.9. The predicted octanol–water partition coefficient (Wildman–Crippen LogP) is 4.82. The van der Waals surface area contributed by atoms with Gasteiger partial charge in [-0.2, -0.15) is 9.61 Å². The second kappa shape index (κ2) is 14.2. The summed E-state index contributed by atoms with van der Waals surface area (Å²) in [6.07, 6.45) is 9.51. The molecule has 2 aliphatic rings. The highest BCUT2D eigenvalue weighted by atomic mass is 32.2. The lowest BCUT2D eigenvalue weighted by Gasteiger charge is -2.30. The Morgan fingerprint density at radius 1 is 1.17 bits per heavy atom. The van der Waals surface area contributed by atoms with Crippen LogP contribution in [0.15, 0.2) is 36.5 Å². The molecule has 5 rings (SSSR count). The van der Waals surface area contributed by atoms with E-state index in [0.717, 1.165) is 60.6 Å². The van der Waals surface area contributed by atoms with Crippen LogP contribution in [0.5, 0.6) is 0 Å². The van der Waals surface area contributed by atoms with Crippen molar-refractivity contribution in [1.82, 2.24) is 23.8 Å². The van der Waals surface area contributed by atoms with Crippen molar-refractivity contribution in [3.8, 4) is 11.3 Å². The number of aryl methyl sites for hydroxylation is 1. The largest absolute Gasteiger partial charge is 0.384 e. The maximum absolute atomic E-state index is 9.66. The van der Waals surface area contributed by atoms with E-state index in [1.165, 1.54) is 36.8 Å². The summed E-state index contributed by atoms with van der Waals surface area (Å²) in [5.41, 5.74) is 5.14. The number of fused-ring (bicyclic) bond motifs is 1. The first-order valence-corrected chi connectivity index (χ1v) is 13.7. The number of aldehydes is 1. The minimum Gasteiger partial charge on any atom is -0.384 e. The van der Waals surface area contributed by atoms with Crippen LogP contribution < -0.4 is 10.6 Å². The van der Waals surface area contributed by atoms with Gasteiger partial charge in [0.25, 0.3) is 0 Å². The minimum atomic E-state index is 0.462. The Balaban J connectivity index is 0.000000304. The summed E-state index contributed by atoms with van der Waals surface area (Å²) >= 11 is 1.50. The molecular weight excluding hydrogens is 470 g/mol. The van der Waals surface area contributed by atoms with Crippen LogP contribution in [-0.4, -0.2) is 83.2 Å². The van der Waals surface area contributed by atoms with Gasteiger partial charge in [-0.25, -0.2) is 4.98 Å². The molecule has 36 heavy (non-hydrogen) atoms. The third-order valence-electron chi connectivity index (χ3n) is 5.99. The SMILES string of the molecule is C1CC1.CN(C)SCC=O.CNc1cnn2c(NC3CCN(C)CC3)cc(-c3ccccc3C)nc12. The quantitative estimate of drug-likeness (QED) is 0.345. The molecule has 0 unspecified atom stereocenters. The maximum Gasteiger partial charge on any atom is 0.181 e. The third-order valence-corrected chi connectivity index (χ3v) is 6.79. The Bertz CT molecular complexity index is 1090. The predicted molar refractivity (Wildman–Crippen MR) is 153 cm³/mol.